The summed E-state index contributed by atoms with van der Waals surface area (Å²) in [5.74, 6) is -0.208. The summed E-state index contributed by atoms with van der Waals surface area (Å²) in [6, 6.07) is 0. The SMILES string of the molecule is CC/C=C\C/C=C\C/C=C\C/C=C\CCCCCCCCCCCCCCC(=O)OC(CO)COCCCCCCCC/C=C\C/C=C\CCCCC. The second-order valence-electron chi connectivity index (χ2n) is 14.7. The zero-order chi connectivity index (χ0) is 38.4. The molecule has 0 aliphatic rings. The van der Waals surface area contributed by atoms with Gasteiger partial charge in [0.2, 0.25) is 0 Å². The van der Waals surface area contributed by atoms with Crippen LogP contribution in [0.3, 0.4) is 0 Å². The van der Waals surface area contributed by atoms with Crippen LogP contribution >= 0.6 is 0 Å². The largest absolute Gasteiger partial charge is 0.457 e. The Morgan fingerprint density at radius 1 is 0.472 bits per heavy atom. The molecule has 1 N–H and O–H groups in total. The topological polar surface area (TPSA) is 55.8 Å². The Bertz CT molecular complexity index is 911. The Morgan fingerprint density at radius 2 is 0.849 bits per heavy atom. The lowest BCUT2D eigenvalue weighted by Gasteiger charge is -2.15. The Balaban J connectivity index is 3.45. The first-order valence-electron chi connectivity index (χ1n) is 22.5. The average Bonchev–Trinajstić information content (AvgIpc) is 3.16. The van der Waals surface area contributed by atoms with Crippen LogP contribution in [-0.4, -0.2) is 37.0 Å². The van der Waals surface area contributed by atoms with Crippen molar-refractivity contribution in [2.75, 3.05) is 19.8 Å². The van der Waals surface area contributed by atoms with Gasteiger partial charge in [-0.05, 0) is 83.5 Å². The highest BCUT2D eigenvalue weighted by Crippen LogP contribution is 2.14. The van der Waals surface area contributed by atoms with Gasteiger partial charge in [0.25, 0.3) is 0 Å². The Morgan fingerprint density at radius 3 is 1.28 bits per heavy atom. The summed E-state index contributed by atoms with van der Waals surface area (Å²) < 4.78 is 11.2. The molecule has 1 atom stereocenters. The lowest BCUT2D eigenvalue weighted by Crippen LogP contribution is -2.27. The molecule has 0 saturated heterocycles. The third-order valence-corrected chi connectivity index (χ3v) is 9.52. The van der Waals surface area contributed by atoms with Crippen LogP contribution in [0.1, 0.15) is 206 Å². The summed E-state index contributed by atoms with van der Waals surface area (Å²) in [6.45, 7) is 5.19. The second kappa shape index (κ2) is 46.0. The number of rotatable bonds is 41. The van der Waals surface area contributed by atoms with Crippen LogP contribution in [0.25, 0.3) is 0 Å². The minimum absolute atomic E-state index is 0.179. The highest BCUT2D eigenvalue weighted by Gasteiger charge is 2.13. The lowest BCUT2D eigenvalue weighted by molar-refractivity contribution is -0.154. The van der Waals surface area contributed by atoms with E-state index in [4.69, 9.17) is 9.47 Å². The minimum atomic E-state index is -0.544. The molecule has 0 aliphatic carbocycles. The third-order valence-electron chi connectivity index (χ3n) is 9.52. The van der Waals surface area contributed by atoms with E-state index in [1.165, 1.54) is 128 Å². The number of ether oxygens (including phenoxy) is 2. The average molecular weight is 739 g/mol. The van der Waals surface area contributed by atoms with Crippen molar-refractivity contribution < 1.29 is 19.4 Å². The van der Waals surface area contributed by atoms with E-state index in [1.807, 2.05) is 0 Å². The van der Waals surface area contributed by atoms with Crippen LogP contribution in [0.4, 0.5) is 0 Å². The van der Waals surface area contributed by atoms with Crippen LogP contribution in [0, 0.1) is 0 Å². The van der Waals surface area contributed by atoms with Gasteiger partial charge in [-0.1, -0.05) is 189 Å². The summed E-state index contributed by atoms with van der Waals surface area (Å²) in [5, 5.41) is 9.61. The molecule has 0 heterocycles. The number of carbonyl (C=O) groups is 1. The highest BCUT2D eigenvalue weighted by molar-refractivity contribution is 5.69. The molecule has 53 heavy (non-hydrogen) atoms. The van der Waals surface area contributed by atoms with Crippen molar-refractivity contribution in [3.05, 3.63) is 72.9 Å². The maximum Gasteiger partial charge on any atom is 0.306 e. The van der Waals surface area contributed by atoms with E-state index in [-0.39, 0.29) is 19.2 Å². The molecule has 0 fully saturated rings. The molecule has 1 unspecified atom stereocenters. The summed E-state index contributed by atoms with van der Waals surface area (Å²) in [7, 11) is 0. The van der Waals surface area contributed by atoms with Crippen molar-refractivity contribution in [3.63, 3.8) is 0 Å². The molecule has 0 bridgehead atoms. The Hall–Kier alpha value is -2.17. The molecule has 0 aromatic heterocycles. The zero-order valence-electron chi connectivity index (χ0n) is 35.0. The summed E-state index contributed by atoms with van der Waals surface area (Å²) >= 11 is 0. The monoisotopic (exact) mass is 739 g/mol. The molecule has 0 aliphatic heterocycles. The fourth-order valence-electron chi connectivity index (χ4n) is 6.17. The fraction of sp³-hybridized carbons (Fsp3) is 0.735. The minimum Gasteiger partial charge on any atom is -0.457 e. The van der Waals surface area contributed by atoms with Gasteiger partial charge in [0, 0.05) is 13.0 Å². The number of unbranched alkanes of at least 4 members (excludes halogenated alkanes) is 21. The summed E-state index contributed by atoms with van der Waals surface area (Å²) in [4.78, 5) is 12.2. The molecule has 0 radical (unpaired) electrons. The predicted molar refractivity (Wildman–Crippen MR) is 232 cm³/mol. The van der Waals surface area contributed by atoms with Gasteiger partial charge < -0.3 is 14.6 Å². The quantitative estimate of drug-likeness (QED) is 0.0385. The summed E-state index contributed by atoms with van der Waals surface area (Å²) in [6.07, 6.45) is 62.5. The van der Waals surface area contributed by atoms with Gasteiger partial charge >= 0.3 is 5.97 Å². The van der Waals surface area contributed by atoms with Gasteiger partial charge in [-0.2, -0.15) is 0 Å². The molecule has 4 heteroatoms. The molecule has 0 aromatic rings. The number of hydrogen-bond acceptors (Lipinski definition) is 4. The number of aliphatic hydroxyl groups is 1. The Kier molecular flexibility index (Phi) is 44.1. The van der Waals surface area contributed by atoms with Gasteiger partial charge in [0.1, 0.15) is 6.10 Å². The molecule has 4 nitrogen and oxygen atoms in total. The number of esters is 1. The van der Waals surface area contributed by atoms with E-state index in [1.54, 1.807) is 0 Å². The number of hydrogen-bond donors (Lipinski definition) is 1. The number of allylic oxidation sites excluding steroid dienone is 12. The number of carbonyl (C=O) groups excluding carboxylic acids is 1. The normalized spacial score (nSPS) is 13.0. The van der Waals surface area contributed by atoms with Crippen molar-refractivity contribution in [1.29, 1.82) is 0 Å². The highest BCUT2D eigenvalue weighted by atomic mass is 16.6. The van der Waals surface area contributed by atoms with Crippen molar-refractivity contribution in [3.8, 4) is 0 Å². The smallest absolute Gasteiger partial charge is 0.306 e. The third kappa shape index (κ3) is 44.1. The van der Waals surface area contributed by atoms with E-state index >= 15 is 0 Å². The van der Waals surface area contributed by atoms with Crippen molar-refractivity contribution in [2.24, 2.45) is 0 Å². The first-order valence-corrected chi connectivity index (χ1v) is 22.5. The molecule has 0 rings (SSSR count). The Labute approximate surface area is 329 Å². The maximum atomic E-state index is 12.2. The van der Waals surface area contributed by atoms with Crippen LogP contribution in [-0.2, 0) is 14.3 Å². The van der Waals surface area contributed by atoms with E-state index in [0.717, 1.165) is 57.8 Å². The maximum absolute atomic E-state index is 12.2. The molecule has 0 spiro atoms. The first-order chi connectivity index (χ1) is 26.2. The van der Waals surface area contributed by atoms with Crippen molar-refractivity contribution in [2.45, 2.75) is 213 Å². The zero-order valence-corrected chi connectivity index (χ0v) is 35.0. The van der Waals surface area contributed by atoms with E-state index in [9.17, 15) is 9.90 Å². The number of aliphatic hydroxyl groups excluding tert-OH is 1. The van der Waals surface area contributed by atoms with Gasteiger partial charge in [0.05, 0.1) is 13.2 Å². The molecule has 0 amide bonds. The fourth-order valence-corrected chi connectivity index (χ4v) is 6.17. The molecule has 0 saturated carbocycles. The van der Waals surface area contributed by atoms with Gasteiger partial charge in [-0.3, -0.25) is 4.79 Å². The predicted octanol–water partition coefficient (Wildman–Crippen LogP) is 15.0. The van der Waals surface area contributed by atoms with E-state index in [0.29, 0.717) is 13.0 Å². The first kappa shape index (κ1) is 50.8. The molecule has 306 valence electrons. The van der Waals surface area contributed by atoms with Gasteiger partial charge in [-0.15, -0.1) is 0 Å². The standard InChI is InChI=1S/C49H86O4/c1-3-5-7-9-11-13-15-17-19-21-22-23-24-25-26-27-28-29-30-32-34-36-38-40-42-44-49(51)53-48(46-50)47-52-45-43-41-39-37-35-33-31-20-18-16-14-12-10-8-6-4-2/h5,7,11-14,17-20,22-23,48,50H,3-4,6,8-10,15-16,21,24-47H2,1-2H3/b7-5-,13-11-,14-12-,19-17-,20-18-,23-22-. The molecule has 0 aromatic carbocycles. The van der Waals surface area contributed by atoms with Crippen molar-refractivity contribution >= 4 is 5.97 Å². The molecular weight excluding hydrogens is 653 g/mol. The second-order valence-corrected chi connectivity index (χ2v) is 14.7. The van der Waals surface area contributed by atoms with Crippen LogP contribution in [0.5, 0.6) is 0 Å². The van der Waals surface area contributed by atoms with E-state index < -0.39 is 6.10 Å². The summed E-state index contributed by atoms with van der Waals surface area (Å²) in [5.41, 5.74) is 0. The van der Waals surface area contributed by atoms with Crippen LogP contribution in [0.2, 0.25) is 0 Å². The van der Waals surface area contributed by atoms with E-state index in [2.05, 4.69) is 86.8 Å². The lowest BCUT2D eigenvalue weighted by atomic mass is 10.0. The van der Waals surface area contributed by atoms with Crippen LogP contribution in [0.15, 0.2) is 72.9 Å². The van der Waals surface area contributed by atoms with Gasteiger partial charge in [-0.25, -0.2) is 0 Å². The molecular formula is C49H86O4. The van der Waals surface area contributed by atoms with Gasteiger partial charge in [0.15, 0.2) is 0 Å². The van der Waals surface area contributed by atoms with Crippen LogP contribution < -0.4 is 0 Å². The van der Waals surface area contributed by atoms with Crippen molar-refractivity contribution in [1.82, 2.24) is 0 Å².